The maximum atomic E-state index is 13.5. The van der Waals surface area contributed by atoms with Crippen molar-refractivity contribution in [2.75, 3.05) is 24.3 Å². The average Bonchev–Trinajstić information content (AvgIpc) is 2.91. The Hall–Kier alpha value is -1.69. The molecule has 2 aromatic rings. The molecule has 2 rings (SSSR count). The van der Waals surface area contributed by atoms with Crippen molar-refractivity contribution >= 4 is 23.1 Å². The van der Waals surface area contributed by atoms with E-state index in [1.807, 2.05) is 11.4 Å². The minimum atomic E-state index is -0.417. The lowest BCUT2D eigenvalue weighted by molar-refractivity contribution is 0.611. The minimum absolute atomic E-state index is 0.153. The fourth-order valence-corrected chi connectivity index (χ4v) is 2.62. The molecule has 19 heavy (non-hydrogen) atoms. The van der Waals surface area contributed by atoms with Gasteiger partial charge in [-0.05, 0) is 17.9 Å². The van der Waals surface area contributed by atoms with Gasteiger partial charge in [-0.3, -0.25) is 0 Å². The van der Waals surface area contributed by atoms with Crippen molar-refractivity contribution < 1.29 is 4.39 Å². The summed E-state index contributed by atoms with van der Waals surface area (Å²) in [5, 5.41) is 5.29. The maximum absolute atomic E-state index is 13.5. The van der Waals surface area contributed by atoms with E-state index in [0.29, 0.717) is 11.8 Å². The summed E-state index contributed by atoms with van der Waals surface area (Å²) in [6.45, 7) is 2.09. The van der Waals surface area contributed by atoms with Crippen LogP contribution < -0.4 is 10.2 Å². The van der Waals surface area contributed by atoms with E-state index < -0.39 is 5.82 Å². The largest absolute Gasteiger partial charge is 0.360 e. The van der Waals surface area contributed by atoms with Gasteiger partial charge < -0.3 is 10.2 Å². The first kappa shape index (κ1) is 13.7. The normalized spacial score (nSPS) is 12.2. The van der Waals surface area contributed by atoms with Crippen LogP contribution in [-0.4, -0.2) is 24.1 Å². The Labute approximate surface area is 116 Å². The summed E-state index contributed by atoms with van der Waals surface area (Å²) in [5.41, 5.74) is 0. The van der Waals surface area contributed by atoms with Crippen LogP contribution in [0.15, 0.2) is 23.7 Å². The molecule has 0 spiro atoms. The Bertz CT molecular complexity index is 527. The summed E-state index contributed by atoms with van der Waals surface area (Å²) >= 11 is 1.69. The van der Waals surface area contributed by atoms with Gasteiger partial charge in [0, 0.05) is 19.0 Å². The minimum Gasteiger partial charge on any atom is -0.360 e. The Balaban J connectivity index is 2.20. The van der Waals surface area contributed by atoms with E-state index in [1.165, 1.54) is 11.1 Å². The maximum Gasteiger partial charge on any atom is 0.225 e. The van der Waals surface area contributed by atoms with Gasteiger partial charge in [-0.25, -0.2) is 9.37 Å². The highest BCUT2D eigenvalue weighted by Crippen LogP contribution is 2.25. The molecule has 6 heteroatoms. The Kier molecular flexibility index (Phi) is 4.31. The van der Waals surface area contributed by atoms with Crippen LogP contribution in [0.2, 0.25) is 0 Å². The molecule has 0 aromatic carbocycles. The van der Waals surface area contributed by atoms with Crippen LogP contribution in [0.4, 0.5) is 16.2 Å². The van der Waals surface area contributed by atoms with E-state index >= 15 is 0 Å². The van der Waals surface area contributed by atoms with E-state index in [9.17, 15) is 4.39 Å². The van der Waals surface area contributed by atoms with Crippen LogP contribution in [0.1, 0.15) is 24.3 Å². The van der Waals surface area contributed by atoms with Gasteiger partial charge in [-0.15, -0.1) is 11.3 Å². The van der Waals surface area contributed by atoms with Gasteiger partial charge in [0.15, 0.2) is 11.6 Å². The highest BCUT2D eigenvalue weighted by molar-refractivity contribution is 7.10. The lowest BCUT2D eigenvalue weighted by Crippen LogP contribution is -2.16. The molecule has 0 aliphatic carbocycles. The van der Waals surface area contributed by atoms with E-state index in [2.05, 4.69) is 28.3 Å². The van der Waals surface area contributed by atoms with Gasteiger partial charge >= 0.3 is 0 Å². The molecule has 0 radical (unpaired) electrons. The first-order valence-electron chi connectivity index (χ1n) is 6.11. The molecule has 4 nitrogen and oxygen atoms in total. The van der Waals surface area contributed by atoms with Crippen LogP contribution in [0.5, 0.6) is 0 Å². The fourth-order valence-electron chi connectivity index (χ4n) is 1.76. The van der Waals surface area contributed by atoms with Crippen LogP contribution in [0, 0.1) is 5.82 Å². The Morgan fingerprint density at radius 2 is 2.26 bits per heavy atom. The quantitative estimate of drug-likeness (QED) is 0.912. The number of nitrogens with zero attached hydrogens (tertiary/aromatic N) is 3. The molecule has 0 bridgehead atoms. The number of aromatic nitrogens is 2. The van der Waals surface area contributed by atoms with Crippen LogP contribution >= 0.6 is 11.3 Å². The van der Waals surface area contributed by atoms with Crippen LogP contribution in [0.3, 0.4) is 0 Å². The van der Waals surface area contributed by atoms with Crippen molar-refractivity contribution in [1.82, 2.24) is 9.97 Å². The summed E-state index contributed by atoms with van der Waals surface area (Å²) in [4.78, 5) is 11.1. The van der Waals surface area contributed by atoms with Gasteiger partial charge in [0.05, 0.1) is 12.2 Å². The molecule has 0 saturated carbocycles. The number of rotatable bonds is 5. The Morgan fingerprint density at radius 1 is 1.47 bits per heavy atom. The van der Waals surface area contributed by atoms with Gasteiger partial charge in [-0.2, -0.15) is 4.98 Å². The van der Waals surface area contributed by atoms with E-state index in [1.54, 1.807) is 30.3 Å². The lowest BCUT2D eigenvalue weighted by atomic mass is 10.2. The predicted octanol–water partition coefficient (Wildman–Crippen LogP) is 3.31. The lowest BCUT2D eigenvalue weighted by Gasteiger charge is -2.17. The fraction of sp³-hybridized carbons (Fsp3) is 0.385. The molecule has 2 heterocycles. The van der Waals surface area contributed by atoms with Crippen LogP contribution in [0.25, 0.3) is 0 Å². The van der Waals surface area contributed by atoms with Crippen molar-refractivity contribution in [3.63, 3.8) is 0 Å². The number of nitrogens with one attached hydrogen (secondary N) is 1. The van der Waals surface area contributed by atoms with Crippen molar-refractivity contribution in [3.05, 3.63) is 34.4 Å². The summed E-state index contributed by atoms with van der Waals surface area (Å²) in [5.74, 6) is 0.323. The zero-order chi connectivity index (χ0) is 13.8. The summed E-state index contributed by atoms with van der Waals surface area (Å²) in [7, 11) is 3.51. The standard InChI is InChI=1S/C13H17FN4S/c1-4-10(11-6-5-7-19-11)16-13-15-8-9(14)12(17-13)18(2)3/h5-8,10H,4H2,1-3H3,(H,15,16,17). The highest BCUT2D eigenvalue weighted by atomic mass is 32.1. The molecule has 0 aliphatic heterocycles. The van der Waals surface area contributed by atoms with E-state index in [-0.39, 0.29) is 6.04 Å². The van der Waals surface area contributed by atoms with Crippen molar-refractivity contribution in [2.45, 2.75) is 19.4 Å². The molecule has 1 atom stereocenters. The van der Waals surface area contributed by atoms with E-state index in [0.717, 1.165) is 6.42 Å². The predicted molar refractivity (Wildman–Crippen MR) is 77.3 cm³/mol. The number of hydrogen-bond acceptors (Lipinski definition) is 5. The molecular weight excluding hydrogens is 263 g/mol. The van der Waals surface area contributed by atoms with Gasteiger partial charge in [-0.1, -0.05) is 13.0 Å². The molecule has 0 aliphatic rings. The zero-order valence-electron chi connectivity index (χ0n) is 11.2. The van der Waals surface area contributed by atoms with Crippen molar-refractivity contribution in [1.29, 1.82) is 0 Å². The molecular formula is C13H17FN4S. The first-order chi connectivity index (χ1) is 9.11. The van der Waals surface area contributed by atoms with Gasteiger partial charge in [0.1, 0.15) is 0 Å². The zero-order valence-corrected chi connectivity index (χ0v) is 12.0. The third-order valence-corrected chi connectivity index (χ3v) is 3.73. The SMILES string of the molecule is CCC(Nc1ncc(F)c(N(C)C)n1)c1cccs1. The molecule has 102 valence electrons. The molecule has 2 aromatic heterocycles. The summed E-state index contributed by atoms with van der Waals surface area (Å²) < 4.78 is 13.5. The highest BCUT2D eigenvalue weighted by Gasteiger charge is 2.14. The van der Waals surface area contributed by atoms with Crippen molar-refractivity contribution in [3.8, 4) is 0 Å². The third-order valence-electron chi connectivity index (χ3n) is 2.75. The number of thiophene rings is 1. The van der Waals surface area contributed by atoms with Crippen molar-refractivity contribution in [2.24, 2.45) is 0 Å². The second-order valence-corrected chi connectivity index (χ2v) is 5.36. The second kappa shape index (κ2) is 5.97. The summed E-state index contributed by atoms with van der Waals surface area (Å²) in [6.07, 6.45) is 2.12. The van der Waals surface area contributed by atoms with Crippen LogP contribution in [-0.2, 0) is 0 Å². The molecule has 0 fully saturated rings. The molecule has 0 saturated heterocycles. The number of halogens is 1. The van der Waals surface area contributed by atoms with E-state index in [4.69, 9.17) is 0 Å². The number of anilines is 2. The van der Waals surface area contributed by atoms with Gasteiger partial charge in [0.2, 0.25) is 5.95 Å². The van der Waals surface area contributed by atoms with Gasteiger partial charge in [0.25, 0.3) is 0 Å². The second-order valence-electron chi connectivity index (χ2n) is 4.38. The monoisotopic (exact) mass is 280 g/mol. The Morgan fingerprint density at radius 3 is 2.84 bits per heavy atom. The molecule has 0 amide bonds. The topological polar surface area (TPSA) is 41.1 Å². The number of hydrogen-bond donors (Lipinski definition) is 1. The first-order valence-corrected chi connectivity index (χ1v) is 6.99. The average molecular weight is 280 g/mol. The smallest absolute Gasteiger partial charge is 0.225 e. The molecule has 1 unspecified atom stereocenters. The third kappa shape index (κ3) is 3.20. The summed E-state index contributed by atoms with van der Waals surface area (Å²) in [6, 6.07) is 4.24. The molecule has 1 N–H and O–H groups in total.